The molecule has 138 valence electrons. The Morgan fingerprint density at radius 2 is 1.62 bits per heavy atom. The van der Waals surface area contributed by atoms with Crippen molar-refractivity contribution < 1.29 is 9.53 Å². The average molecular weight is 354 g/mol. The summed E-state index contributed by atoms with van der Waals surface area (Å²) in [5.41, 5.74) is 0. The lowest BCUT2D eigenvalue weighted by Crippen LogP contribution is -2.46. The molecule has 0 N–H and O–H groups in total. The van der Waals surface area contributed by atoms with Gasteiger partial charge in [0.15, 0.2) is 0 Å². The van der Waals surface area contributed by atoms with Crippen LogP contribution in [0.1, 0.15) is 77.0 Å². The molecule has 3 aliphatic rings. The molecule has 2 aliphatic carbocycles. The number of nitrogens with zero attached hydrogens (tertiary/aromatic N) is 1. The SMILES string of the molecule is O=C(COCC1CCCCC1)N(CC1CCCS1)C1CCCCC1. The van der Waals surface area contributed by atoms with E-state index in [2.05, 4.69) is 16.7 Å². The van der Waals surface area contributed by atoms with Crippen LogP contribution in [0.15, 0.2) is 0 Å². The van der Waals surface area contributed by atoms with Gasteiger partial charge in [-0.2, -0.15) is 11.8 Å². The van der Waals surface area contributed by atoms with Crippen molar-refractivity contribution in [3.05, 3.63) is 0 Å². The minimum atomic E-state index is 0.255. The summed E-state index contributed by atoms with van der Waals surface area (Å²) < 4.78 is 5.87. The van der Waals surface area contributed by atoms with Gasteiger partial charge in [-0.1, -0.05) is 38.5 Å². The van der Waals surface area contributed by atoms with E-state index in [-0.39, 0.29) is 5.91 Å². The molecule has 0 radical (unpaired) electrons. The zero-order chi connectivity index (χ0) is 16.6. The molecule has 3 fully saturated rings. The van der Waals surface area contributed by atoms with Crippen LogP contribution in [0, 0.1) is 5.92 Å². The Bertz CT molecular complexity index is 372. The Morgan fingerprint density at radius 1 is 0.917 bits per heavy atom. The van der Waals surface area contributed by atoms with Gasteiger partial charge in [-0.15, -0.1) is 0 Å². The van der Waals surface area contributed by atoms with Gasteiger partial charge in [0.05, 0.1) is 6.61 Å². The minimum absolute atomic E-state index is 0.255. The van der Waals surface area contributed by atoms with E-state index in [1.807, 2.05) is 0 Å². The molecule has 1 amide bonds. The van der Waals surface area contributed by atoms with Crippen LogP contribution in [0.5, 0.6) is 0 Å². The van der Waals surface area contributed by atoms with Gasteiger partial charge < -0.3 is 9.64 Å². The highest BCUT2D eigenvalue weighted by molar-refractivity contribution is 8.00. The Kier molecular flexibility index (Phi) is 7.78. The van der Waals surface area contributed by atoms with Crippen LogP contribution >= 0.6 is 11.8 Å². The van der Waals surface area contributed by atoms with Crippen LogP contribution < -0.4 is 0 Å². The van der Waals surface area contributed by atoms with Gasteiger partial charge in [0.1, 0.15) is 6.61 Å². The monoisotopic (exact) mass is 353 g/mol. The van der Waals surface area contributed by atoms with Crippen LogP contribution in [0.3, 0.4) is 0 Å². The summed E-state index contributed by atoms with van der Waals surface area (Å²) in [4.78, 5) is 15.1. The number of hydrogen-bond donors (Lipinski definition) is 0. The predicted octanol–water partition coefficient (Wildman–Crippen LogP) is 4.64. The molecule has 1 saturated heterocycles. The third-order valence-corrected chi connectivity index (χ3v) is 7.44. The van der Waals surface area contributed by atoms with Crippen molar-refractivity contribution in [2.45, 2.75) is 88.3 Å². The van der Waals surface area contributed by atoms with Crippen molar-refractivity contribution in [2.75, 3.05) is 25.5 Å². The molecule has 24 heavy (non-hydrogen) atoms. The maximum Gasteiger partial charge on any atom is 0.248 e. The highest BCUT2D eigenvalue weighted by Crippen LogP contribution is 2.30. The van der Waals surface area contributed by atoms with E-state index < -0.39 is 0 Å². The second-order valence-electron chi connectivity index (χ2n) is 7.99. The average Bonchev–Trinajstić information content (AvgIpc) is 3.14. The first kappa shape index (κ1) is 18.6. The molecular formula is C20H35NO2S. The van der Waals surface area contributed by atoms with Gasteiger partial charge in [-0.25, -0.2) is 0 Å². The molecule has 0 aromatic rings. The Morgan fingerprint density at radius 3 is 2.29 bits per heavy atom. The molecule has 3 rings (SSSR count). The second-order valence-corrected chi connectivity index (χ2v) is 9.40. The number of carbonyl (C=O) groups excluding carboxylic acids is 1. The Labute approximate surface area is 152 Å². The first-order valence-electron chi connectivity index (χ1n) is 10.3. The topological polar surface area (TPSA) is 29.5 Å². The molecule has 4 heteroatoms. The van der Waals surface area contributed by atoms with Crippen molar-refractivity contribution in [3.63, 3.8) is 0 Å². The predicted molar refractivity (Wildman–Crippen MR) is 101 cm³/mol. The standard InChI is InChI=1S/C20H35NO2S/c22-20(16-23-15-17-8-3-1-4-9-17)21(14-19-12-7-13-24-19)18-10-5-2-6-11-18/h17-19H,1-16H2. The molecule has 1 heterocycles. The number of rotatable bonds is 7. The number of amides is 1. The van der Waals surface area contributed by atoms with Crippen molar-refractivity contribution in [1.82, 2.24) is 4.90 Å². The quantitative estimate of drug-likeness (QED) is 0.668. The molecule has 1 aliphatic heterocycles. The molecule has 2 saturated carbocycles. The van der Waals surface area contributed by atoms with E-state index >= 15 is 0 Å². The van der Waals surface area contributed by atoms with Crippen molar-refractivity contribution in [1.29, 1.82) is 0 Å². The van der Waals surface area contributed by atoms with Crippen LogP contribution in [-0.2, 0) is 9.53 Å². The zero-order valence-corrected chi connectivity index (χ0v) is 16.0. The molecule has 0 aromatic carbocycles. The van der Waals surface area contributed by atoms with E-state index in [0.717, 1.165) is 13.2 Å². The molecule has 3 nitrogen and oxygen atoms in total. The van der Waals surface area contributed by atoms with Crippen molar-refractivity contribution in [2.24, 2.45) is 5.92 Å². The van der Waals surface area contributed by atoms with Crippen LogP contribution in [0.4, 0.5) is 0 Å². The lowest BCUT2D eigenvalue weighted by atomic mass is 9.90. The number of carbonyl (C=O) groups is 1. The lowest BCUT2D eigenvalue weighted by Gasteiger charge is -2.36. The number of ether oxygens (including phenoxy) is 1. The van der Waals surface area contributed by atoms with Gasteiger partial charge in [0, 0.05) is 17.8 Å². The molecule has 0 aromatic heterocycles. The highest BCUT2D eigenvalue weighted by Gasteiger charge is 2.29. The van der Waals surface area contributed by atoms with E-state index in [4.69, 9.17) is 4.74 Å². The first-order valence-corrected chi connectivity index (χ1v) is 11.4. The fourth-order valence-corrected chi connectivity index (χ4v) is 5.87. The lowest BCUT2D eigenvalue weighted by molar-refractivity contribution is -0.139. The summed E-state index contributed by atoms with van der Waals surface area (Å²) in [5, 5.41) is 0.661. The Hall–Kier alpha value is -0.220. The molecule has 1 unspecified atom stereocenters. The summed E-state index contributed by atoms with van der Waals surface area (Å²) in [5.74, 6) is 2.22. The third-order valence-electron chi connectivity index (χ3n) is 6.06. The first-order chi connectivity index (χ1) is 11.8. The number of hydrogen-bond acceptors (Lipinski definition) is 3. The van der Waals surface area contributed by atoms with Crippen LogP contribution in [0.25, 0.3) is 0 Å². The Balaban J connectivity index is 1.47. The highest BCUT2D eigenvalue weighted by atomic mass is 32.2. The van der Waals surface area contributed by atoms with E-state index in [0.29, 0.717) is 23.8 Å². The summed E-state index contributed by atoms with van der Waals surface area (Å²) in [6, 6.07) is 0.478. The summed E-state index contributed by atoms with van der Waals surface area (Å²) in [6.45, 7) is 2.06. The summed E-state index contributed by atoms with van der Waals surface area (Å²) in [7, 11) is 0. The maximum absolute atomic E-state index is 12.9. The third kappa shape index (κ3) is 5.66. The maximum atomic E-state index is 12.9. The smallest absolute Gasteiger partial charge is 0.248 e. The van der Waals surface area contributed by atoms with E-state index in [1.165, 1.54) is 82.8 Å². The molecule has 1 atom stereocenters. The second kappa shape index (κ2) is 10.1. The van der Waals surface area contributed by atoms with Crippen LogP contribution in [-0.4, -0.2) is 47.6 Å². The largest absolute Gasteiger partial charge is 0.371 e. The zero-order valence-electron chi connectivity index (χ0n) is 15.2. The van der Waals surface area contributed by atoms with Gasteiger partial charge >= 0.3 is 0 Å². The van der Waals surface area contributed by atoms with Gasteiger partial charge in [-0.05, 0) is 50.2 Å². The van der Waals surface area contributed by atoms with Gasteiger partial charge in [0.25, 0.3) is 0 Å². The fraction of sp³-hybridized carbons (Fsp3) is 0.950. The molecule has 0 spiro atoms. The van der Waals surface area contributed by atoms with Crippen molar-refractivity contribution in [3.8, 4) is 0 Å². The fourth-order valence-electron chi connectivity index (χ4n) is 4.60. The molecule has 0 bridgehead atoms. The van der Waals surface area contributed by atoms with Gasteiger partial charge in [-0.3, -0.25) is 4.79 Å². The van der Waals surface area contributed by atoms with E-state index in [1.54, 1.807) is 0 Å². The van der Waals surface area contributed by atoms with Crippen molar-refractivity contribution >= 4 is 17.7 Å². The number of thioether (sulfide) groups is 1. The van der Waals surface area contributed by atoms with Crippen LogP contribution in [0.2, 0.25) is 0 Å². The normalized spacial score (nSPS) is 26.6. The van der Waals surface area contributed by atoms with Gasteiger partial charge in [0.2, 0.25) is 5.91 Å². The van der Waals surface area contributed by atoms with E-state index in [9.17, 15) is 4.79 Å². The summed E-state index contributed by atoms with van der Waals surface area (Å²) in [6.07, 6.45) is 15.6. The molecular weight excluding hydrogens is 318 g/mol. The minimum Gasteiger partial charge on any atom is -0.371 e. The summed E-state index contributed by atoms with van der Waals surface area (Å²) >= 11 is 2.06.